The van der Waals surface area contributed by atoms with Crippen LogP contribution in [0.3, 0.4) is 0 Å². The second-order valence-corrected chi connectivity index (χ2v) is 6.00. The lowest BCUT2D eigenvalue weighted by atomic mass is 10.3. The Balaban J connectivity index is 2.01. The Hall–Kier alpha value is -1.00. The van der Waals surface area contributed by atoms with Gasteiger partial charge in [-0.1, -0.05) is 6.07 Å². The minimum atomic E-state index is 0.803. The molecule has 2 nitrogen and oxygen atoms in total. The van der Waals surface area contributed by atoms with E-state index in [1.54, 1.807) is 23.1 Å². The zero-order chi connectivity index (χ0) is 12.3. The molecule has 0 saturated carbocycles. The molecule has 0 unspecified atom stereocenters. The zero-order valence-electron chi connectivity index (χ0n) is 10.3. The molecule has 0 amide bonds. The smallest absolute Gasteiger partial charge is 0.112 e. The Labute approximate surface area is 110 Å². The van der Waals surface area contributed by atoms with Crippen molar-refractivity contribution in [3.63, 3.8) is 0 Å². The maximum atomic E-state index is 4.52. The molecule has 17 heavy (non-hydrogen) atoms. The highest BCUT2D eigenvalue weighted by atomic mass is 32.2. The average molecular weight is 264 g/mol. The number of thioether (sulfide) groups is 1. The van der Waals surface area contributed by atoms with Crippen molar-refractivity contribution in [3.05, 3.63) is 39.8 Å². The number of aromatic nitrogens is 1. The van der Waals surface area contributed by atoms with Gasteiger partial charge in [0.1, 0.15) is 5.01 Å². The summed E-state index contributed by atoms with van der Waals surface area (Å²) in [6, 6.07) is 8.45. The van der Waals surface area contributed by atoms with Crippen molar-refractivity contribution in [1.82, 2.24) is 4.98 Å². The number of hydrogen-bond donors (Lipinski definition) is 1. The number of aryl methyl sites for hydroxylation is 2. The molecule has 2 aromatic rings. The second-order valence-electron chi connectivity index (χ2n) is 3.83. The van der Waals surface area contributed by atoms with Gasteiger partial charge in [0.2, 0.25) is 0 Å². The lowest BCUT2D eigenvalue weighted by Crippen LogP contribution is -1.98. The third kappa shape index (κ3) is 3.23. The molecular formula is C13H16N2S2. The molecule has 90 valence electrons. The molecule has 0 saturated heterocycles. The number of nitrogens with one attached hydrogen (secondary N) is 1. The molecule has 1 N–H and O–H groups in total. The van der Waals surface area contributed by atoms with E-state index in [4.69, 9.17) is 0 Å². The van der Waals surface area contributed by atoms with Crippen molar-refractivity contribution >= 4 is 28.8 Å². The van der Waals surface area contributed by atoms with Crippen LogP contribution in [-0.2, 0) is 6.54 Å². The summed E-state index contributed by atoms with van der Waals surface area (Å²) in [7, 11) is 0. The van der Waals surface area contributed by atoms with Crippen molar-refractivity contribution in [2.75, 3.05) is 11.6 Å². The van der Waals surface area contributed by atoms with Crippen molar-refractivity contribution in [3.8, 4) is 0 Å². The van der Waals surface area contributed by atoms with E-state index in [9.17, 15) is 0 Å². The maximum Gasteiger partial charge on any atom is 0.112 e. The highest BCUT2D eigenvalue weighted by molar-refractivity contribution is 7.98. The summed E-state index contributed by atoms with van der Waals surface area (Å²) < 4.78 is 0. The molecule has 0 aliphatic heterocycles. The molecule has 2 rings (SSSR count). The molecule has 0 fully saturated rings. The van der Waals surface area contributed by atoms with E-state index in [1.807, 2.05) is 0 Å². The number of thiazole rings is 1. The van der Waals surface area contributed by atoms with Gasteiger partial charge in [0.25, 0.3) is 0 Å². The molecule has 1 aromatic heterocycles. The molecule has 1 heterocycles. The Kier molecular flexibility index (Phi) is 4.07. The number of rotatable bonds is 4. The standard InChI is InChI=1S/C13H16N2S2/c1-9-10(2)17-13(15-9)8-14-11-5-4-6-12(7-11)16-3/h4-7,14H,8H2,1-3H3. The number of anilines is 1. The van der Waals surface area contributed by atoms with Gasteiger partial charge in [-0.25, -0.2) is 4.98 Å². The summed E-state index contributed by atoms with van der Waals surface area (Å²) >= 11 is 3.52. The van der Waals surface area contributed by atoms with E-state index >= 15 is 0 Å². The number of benzene rings is 1. The van der Waals surface area contributed by atoms with Gasteiger partial charge in [-0.3, -0.25) is 0 Å². The molecule has 0 bridgehead atoms. The lowest BCUT2D eigenvalue weighted by molar-refractivity contribution is 1.07. The van der Waals surface area contributed by atoms with Crippen LogP contribution in [0.5, 0.6) is 0 Å². The van der Waals surface area contributed by atoms with E-state index in [2.05, 4.69) is 54.7 Å². The van der Waals surface area contributed by atoms with E-state index < -0.39 is 0 Å². The predicted octanol–water partition coefficient (Wildman–Crippen LogP) is 4.09. The number of nitrogens with zero attached hydrogens (tertiary/aromatic N) is 1. The molecule has 1 aromatic carbocycles. The topological polar surface area (TPSA) is 24.9 Å². The zero-order valence-corrected chi connectivity index (χ0v) is 11.9. The van der Waals surface area contributed by atoms with Crippen molar-refractivity contribution < 1.29 is 0 Å². The van der Waals surface area contributed by atoms with Crippen LogP contribution < -0.4 is 5.32 Å². The normalized spacial score (nSPS) is 10.5. The van der Waals surface area contributed by atoms with Crippen molar-refractivity contribution in [1.29, 1.82) is 0 Å². The van der Waals surface area contributed by atoms with Crippen LogP contribution in [0.4, 0.5) is 5.69 Å². The van der Waals surface area contributed by atoms with Gasteiger partial charge in [0.05, 0.1) is 12.2 Å². The summed E-state index contributed by atoms with van der Waals surface area (Å²) in [6.45, 7) is 4.98. The first kappa shape index (κ1) is 12.5. The Morgan fingerprint density at radius 3 is 2.82 bits per heavy atom. The van der Waals surface area contributed by atoms with Gasteiger partial charge in [-0.15, -0.1) is 23.1 Å². The molecule has 0 radical (unpaired) electrons. The molecule has 0 aliphatic carbocycles. The van der Waals surface area contributed by atoms with Crippen LogP contribution in [0.1, 0.15) is 15.6 Å². The predicted molar refractivity (Wildman–Crippen MR) is 77.1 cm³/mol. The average Bonchev–Trinajstić information content (AvgIpc) is 2.67. The van der Waals surface area contributed by atoms with Crippen LogP contribution >= 0.6 is 23.1 Å². The van der Waals surface area contributed by atoms with Crippen LogP contribution in [-0.4, -0.2) is 11.2 Å². The first-order chi connectivity index (χ1) is 8.19. The quantitative estimate of drug-likeness (QED) is 0.842. The van der Waals surface area contributed by atoms with Gasteiger partial charge in [0, 0.05) is 15.5 Å². The van der Waals surface area contributed by atoms with Gasteiger partial charge in [0.15, 0.2) is 0 Å². The highest BCUT2D eigenvalue weighted by Gasteiger charge is 2.03. The Morgan fingerprint density at radius 2 is 2.18 bits per heavy atom. The third-order valence-corrected chi connectivity index (χ3v) is 4.38. The van der Waals surface area contributed by atoms with Gasteiger partial charge < -0.3 is 5.32 Å². The van der Waals surface area contributed by atoms with Crippen LogP contribution in [0.2, 0.25) is 0 Å². The fourth-order valence-electron chi connectivity index (χ4n) is 1.53. The van der Waals surface area contributed by atoms with E-state index in [-0.39, 0.29) is 0 Å². The minimum absolute atomic E-state index is 0.803. The first-order valence-corrected chi connectivity index (χ1v) is 7.54. The van der Waals surface area contributed by atoms with Crippen LogP contribution in [0.25, 0.3) is 0 Å². The van der Waals surface area contributed by atoms with Gasteiger partial charge >= 0.3 is 0 Å². The second kappa shape index (κ2) is 5.56. The fraction of sp³-hybridized carbons (Fsp3) is 0.308. The van der Waals surface area contributed by atoms with Crippen molar-refractivity contribution in [2.24, 2.45) is 0 Å². The summed E-state index contributed by atoms with van der Waals surface area (Å²) in [6.07, 6.45) is 2.09. The molecule has 0 atom stereocenters. The highest BCUT2D eigenvalue weighted by Crippen LogP contribution is 2.21. The van der Waals surface area contributed by atoms with Crippen LogP contribution in [0, 0.1) is 13.8 Å². The third-order valence-electron chi connectivity index (χ3n) is 2.59. The summed E-state index contributed by atoms with van der Waals surface area (Å²) in [5.74, 6) is 0. The maximum absolute atomic E-state index is 4.52. The monoisotopic (exact) mass is 264 g/mol. The molecule has 0 aliphatic rings. The SMILES string of the molecule is CSc1cccc(NCc2nc(C)c(C)s2)c1. The summed E-state index contributed by atoms with van der Waals surface area (Å²) in [5, 5.41) is 4.56. The van der Waals surface area contributed by atoms with Gasteiger partial charge in [-0.2, -0.15) is 0 Å². The lowest BCUT2D eigenvalue weighted by Gasteiger charge is -2.05. The Morgan fingerprint density at radius 1 is 1.35 bits per heavy atom. The number of hydrogen-bond acceptors (Lipinski definition) is 4. The molecular weight excluding hydrogens is 248 g/mol. The Bertz CT molecular complexity index is 486. The fourth-order valence-corrected chi connectivity index (χ4v) is 2.86. The van der Waals surface area contributed by atoms with Gasteiger partial charge in [-0.05, 0) is 38.3 Å². The van der Waals surface area contributed by atoms with E-state index in [1.165, 1.54) is 9.77 Å². The molecule has 0 spiro atoms. The largest absolute Gasteiger partial charge is 0.378 e. The van der Waals surface area contributed by atoms with E-state index in [0.29, 0.717) is 0 Å². The molecule has 4 heteroatoms. The summed E-state index contributed by atoms with van der Waals surface area (Å²) in [5.41, 5.74) is 2.30. The first-order valence-electron chi connectivity index (χ1n) is 5.50. The van der Waals surface area contributed by atoms with Crippen LogP contribution in [0.15, 0.2) is 29.2 Å². The summed E-state index contributed by atoms with van der Waals surface area (Å²) in [4.78, 5) is 7.10. The van der Waals surface area contributed by atoms with Crippen molar-refractivity contribution in [2.45, 2.75) is 25.3 Å². The minimum Gasteiger partial charge on any atom is -0.378 e. The van der Waals surface area contributed by atoms with E-state index in [0.717, 1.165) is 22.9 Å².